The molecule has 0 radical (unpaired) electrons. The largest absolute Gasteiger partial charge is 0.480 e. The third-order valence-electron chi connectivity index (χ3n) is 2.28. The Labute approximate surface area is 98.6 Å². The van der Waals surface area contributed by atoms with E-state index in [1.807, 2.05) is 6.07 Å². The number of hydrogen-bond donors (Lipinski definition) is 2. The number of aryl methyl sites for hydroxylation is 2. The number of ether oxygens (including phenoxy) is 1. The maximum absolute atomic E-state index is 11.0. The van der Waals surface area contributed by atoms with Crippen LogP contribution in [0.3, 0.4) is 0 Å². The lowest BCUT2D eigenvalue weighted by molar-refractivity contribution is -0.139. The number of carboxylic acids is 1. The first-order chi connectivity index (χ1) is 8.01. The average molecular weight is 238 g/mol. The number of nitrogens with zero attached hydrogens (tertiary/aromatic N) is 3. The number of rotatable bonds is 5. The van der Waals surface area contributed by atoms with Crippen molar-refractivity contribution in [2.45, 2.75) is 13.0 Å². The molecule has 0 bridgehead atoms. The molecule has 17 heavy (non-hydrogen) atoms. The lowest BCUT2D eigenvalue weighted by Crippen LogP contribution is -2.34. The van der Waals surface area contributed by atoms with E-state index in [4.69, 9.17) is 15.1 Å². The molecule has 7 nitrogen and oxygen atoms in total. The molecule has 1 heterocycles. The monoisotopic (exact) mass is 238 g/mol. The van der Waals surface area contributed by atoms with Crippen molar-refractivity contribution in [3.63, 3.8) is 0 Å². The van der Waals surface area contributed by atoms with Gasteiger partial charge in [0.1, 0.15) is 23.5 Å². The maximum atomic E-state index is 11.0. The molecule has 0 amide bonds. The predicted molar refractivity (Wildman–Crippen MR) is 59.6 cm³/mol. The van der Waals surface area contributed by atoms with Crippen molar-refractivity contribution in [1.82, 2.24) is 9.78 Å². The van der Waals surface area contributed by atoms with E-state index >= 15 is 0 Å². The summed E-state index contributed by atoms with van der Waals surface area (Å²) in [6, 6.07) is 1.08. The lowest BCUT2D eigenvalue weighted by atomic mass is 10.2. The summed E-state index contributed by atoms with van der Waals surface area (Å²) in [6.45, 7) is 1.69. The van der Waals surface area contributed by atoms with Gasteiger partial charge in [0.25, 0.3) is 0 Å². The van der Waals surface area contributed by atoms with E-state index in [0.29, 0.717) is 17.1 Å². The van der Waals surface area contributed by atoms with Crippen LogP contribution in [0.4, 0.5) is 5.82 Å². The van der Waals surface area contributed by atoms with Gasteiger partial charge in [-0.3, -0.25) is 4.68 Å². The first-order valence-electron chi connectivity index (χ1n) is 4.93. The van der Waals surface area contributed by atoms with E-state index in [9.17, 15) is 4.79 Å². The number of nitriles is 1. The Hall–Kier alpha value is -2.07. The highest BCUT2D eigenvalue weighted by Gasteiger charge is 2.21. The number of anilines is 1. The minimum absolute atomic E-state index is 0.00439. The van der Waals surface area contributed by atoms with Crippen LogP contribution >= 0.6 is 0 Å². The van der Waals surface area contributed by atoms with Gasteiger partial charge >= 0.3 is 5.97 Å². The van der Waals surface area contributed by atoms with E-state index in [0.717, 1.165) is 0 Å². The molecular weight excluding hydrogens is 224 g/mol. The molecule has 2 N–H and O–H groups in total. The molecule has 1 rings (SSSR count). The molecule has 0 saturated heterocycles. The lowest BCUT2D eigenvalue weighted by Gasteiger charge is -2.14. The minimum Gasteiger partial charge on any atom is -0.480 e. The van der Waals surface area contributed by atoms with Crippen LogP contribution in [0.1, 0.15) is 11.3 Å². The van der Waals surface area contributed by atoms with Gasteiger partial charge in [-0.05, 0) is 6.92 Å². The fourth-order valence-corrected chi connectivity index (χ4v) is 1.46. The Morgan fingerprint density at radius 3 is 2.88 bits per heavy atom. The van der Waals surface area contributed by atoms with Crippen molar-refractivity contribution >= 4 is 11.8 Å². The summed E-state index contributed by atoms with van der Waals surface area (Å²) < 4.78 is 6.25. The molecule has 0 aliphatic rings. The van der Waals surface area contributed by atoms with E-state index in [2.05, 4.69) is 10.4 Å². The summed E-state index contributed by atoms with van der Waals surface area (Å²) >= 11 is 0. The van der Waals surface area contributed by atoms with Crippen molar-refractivity contribution in [3.05, 3.63) is 11.3 Å². The van der Waals surface area contributed by atoms with Crippen molar-refractivity contribution in [2.75, 3.05) is 19.0 Å². The maximum Gasteiger partial charge on any atom is 0.328 e. The summed E-state index contributed by atoms with van der Waals surface area (Å²) in [5.41, 5.74) is 0.897. The normalized spacial score (nSPS) is 11.9. The molecule has 1 aromatic rings. The number of aromatic nitrogens is 2. The van der Waals surface area contributed by atoms with Crippen LogP contribution in [0, 0.1) is 18.3 Å². The molecule has 0 fully saturated rings. The van der Waals surface area contributed by atoms with Gasteiger partial charge in [0.15, 0.2) is 0 Å². The zero-order valence-corrected chi connectivity index (χ0v) is 9.89. The third kappa shape index (κ3) is 2.73. The Bertz CT molecular complexity index is 461. The molecule has 0 aromatic carbocycles. The number of hydrogen-bond acceptors (Lipinski definition) is 5. The summed E-state index contributed by atoms with van der Waals surface area (Å²) in [5.74, 6) is -0.663. The van der Waals surface area contributed by atoms with E-state index in [1.54, 1.807) is 14.0 Å². The molecule has 1 aromatic heterocycles. The van der Waals surface area contributed by atoms with E-state index < -0.39 is 12.0 Å². The Morgan fingerprint density at radius 1 is 1.76 bits per heavy atom. The molecule has 0 spiro atoms. The van der Waals surface area contributed by atoms with Crippen LogP contribution in [-0.2, 0) is 16.6 Å². The van der Waals surface area contributed by atoms with Gasteiger partial charge in [-0.25, -0.2) is 4.79 Å². The zero-order chi connectivity index (χ0) is 13.0. The molecule has 7 heteroatoms. The summed E-state index contributed by atoms with van der Waals surface area (Å²) in [6.07, 6.45) is 0. The van der Waals surface area contributed by atoms with Crippen molar-refractivity contribution in [3.8, 4) is 6.07 Å². The molecule has 0 aliphatic carbocycles. The summed E-state index contributed by atoms with van der Waals surface area (Å²) in [4.78, 5) is 11.0. The van der Waals surface area contributed by atoms with Gasteiger partial charge in [-0.2, -0.15) is 10.4 Å². The second kappa shape index (κ2) is 5.32. The molecule has 0 saturated carbocycles. The Kier molecular flexibility index (Phi) is 4.06. The van der Waals surface area contributed by atoms with Crippen LogP contribution in [0.15, 0.2) is 0 Å². The van der Waals surface area contributed by atoms with Crippen LogP contribution in [0.5, 0.6) is 0 Å². The van der Waals surface area contributed by atoms with E-state index in [-0.39, 0.29) is 6.61 Å². The molecular formula is C10H14N4O3. The standard InChI is InChI=1S/C10H14N4O3/c1-6-7(4-11)9(14(2)13-6)12-8(5-17-3)10(15)16/h8,12H,5H2,1-3H3,(H,15,16). The Balaban J connectivity index is 3.01. The highest BCUT2D eigenvalue weighted by molar-refractivity contribution is 5.78. The number of carbonyl (C=O) groups is 1. The smallest absolute Gasteiger partial charge is 0.328 e. The highest BCUT2D eigenvalue weighted by atomic mass is 16.5. The van der Waals surface area contributed by atoms with Crippen LogP contribution in [0.25, 0.3) is 0 Å². The second-order valence-corrected chi connectivity index (χ2v) is 3.53. The van der Waals surface area contributed by atoms with Crippen molar-refractivity contribution in [2.24, 2.45) is 7.05 Å². The molecule has 92 valence electrons. The predicted octanol–water partition coefficient (Wildman–Crippen LogP) is 0.112. The molecule has 1 atom stereocenters. The third-order valence-corrected chi connectivity index (χ3v) is 2.28. The van der Waals surface area contributed by atoms with Gasteiger partial charge in [-0.1, -0.05) is 0 Å². The first-order valence-corrected chi connectivity index (χ1v) is 4.93. The SMILES string of the molecule is COCC(Nc1c(C#N)c(C)nn1C)C(=O)O. The quantitative estimate of drug-likeness (QED) is 0.755. The fourth-order valence-electron chi connectivity index (χ4n) is 1.46. The van der Waals surface area contributed by atoms with Crippen LogP contribution in [-0.4, -0.2) is 40.6 Å². The van der Waals surface area contributed by atoms with Gasteiger partial charge in [0, 0.05) is 14.2 Å². The number of aliphatic carboxylic acids is 1. The zero-order valence-electron chi connectivity index (χ0n) is 9.89. The second-order valence-electron chi connectivity index (χ2n) is 3.53. The average Bonchev–Trinajstić information content (AvgIpc) is 2.52. The summed E-state index contributed by atoms with van der Waals surface area (Å²) in [7, 11) is 3.05. The Morgan fingerprint density at radius 2 is 2.41 bits per heavy atom. The van der Waals surface area contributed by atoms with E-state index in [1.165, 1.54) is 11.8 Å². The van der Waals surface area contributed by atoms with Crippen molar-refractivity contribution < 1.29 is 14.6 Å². The number of methoxy groups -OCH3 is 1. The topological polar surface area (TPSA) is 100 Å². The van der Waals surface area contributed by atoms with Crippen molar-refractivity contribution in [1.29, 1.82) is 5.26 Å². The van der Waals surface area contributed by atoms with Crippen LogP contribution in [0.2, 0.25) is 0 Å². The van der Waals surface area contributed by atoms with Gasteiger partial charge < -0.3 is 15.2 Å². The van der Waals surface area contributed by atoms with Gasteiger partial charge in [-0.15, -0.1) is 0 Å². The van der Waals surface area contributed by atoms with Gasteiger partial charge in [0.2, 0.25) is 0 Å². The molecule has 0 aliphatic heterocycles. The molecule has 1 unspecified atom stereocenters. The highest BCUT2D eigenvalue weighted by Crippen LogP contribution is 2.18. The fraction of sp³-hybridized carbons (Fsp3) is 0.500. The van der Waals surface area contributed by atoms with Crippen LogP contribution < -0.4 is 5.32 Å². The summed E-state index contributed by atoms with van der Waals surface area (Å²) in [5, 5.41) is 24.7. The first kappa shape index (κ1) is 13.0. The van der Waals surface area contributed by atoms with Gasteiger partial charge in [0.05, 0.1) is 12.3 Å². The number of carboxylic acid groups (broad SMARTS) is 1. The number of nitrogens with one attached hydrogen (secondary N) is 1. The minimum atomic E-state index is -1.05.